The number of rotatable bonds is 2. The van der Waals surface area contributed by atoms with Gasteiger partial charge in [-0.3, -0.25) is 0 Å². The average Bonchev–Trinajstić information content (AvgIpc) is 2.19. The van der Waals surface area contributed by atoms with Crippen molar-refractivity contribution in [1.29, 1.82) is 0 Å². The smallest absolute Gasteiger partial charge is 0.155 e. The molecule has 2 aliphatic rings. The lowest BCUT2D eigenvalue weighted by molar-refractivity contribution is 0.131. The number of hydrogen-bond donors (Lipinski definition) is 0. The Morgan fingerprint density at radius 1 is 0.682 bits per heavy atom. The van der Waals surface area contributed by atoms with E-state index >= 15 is 0 Å². The molecule has 0 heterocycles. The molecule has 2 fully saturated rings. The average molecular weight is 347 g/mol. The SMILES string of the molecule is CC1CC(C)(C)CC(Cl)(N=NC2(Cl)CC(C)CC(C)(C)C2)C1. The molecule has 4 heteroatoms. The molecule has 2 nitrogen and oxygen atoms in total. The number of azo groups is 1. The summed E-state index contributed by atoms with van der Waals surface area (Å²) in [6.07, 6.45) is 5.95. The van der Waals surface area contributed by atoms with Crippen molar-refractivity contribution in [3.63, 3.8) is 0 Å². The molecule has 0 spiro atoms. The maximum Gasteiger partial charge on any atom is 0.155 e. The van der Waals surface area contributed by atoms with Crippen molar-refractivity contribution in [2.75, 3.05) is 0 Å². The van der Waals surface area contributed by atoms with Gasteiger partial charge >= 0.3 is 0 Å². The molecule has 0 aromatic rings. The van der Waals surface area contributed by atoms with Gasteiger partial charge in [0.25, 0.3) is 0 Å². The Balaban J connectivity index is 2.15. The Kier molecular flexibility index (Phi) is 4.98. The van der Waals surface area contributed by atoms with Crippen LogP contribution in [0.2, 0.25) is 0 Å². The van der Waals surface area contributed by atoms with Gasteiger partial charge in [-0.15, -0.1) is 0 Å². The zero-order valence-electron chi connectivity index (χ0n) is 15.0. The van der Waals surface area contributed by atoms with Crippen molar-refractivity contribution in [2.45, 2.75) is 90.1 Å². The minimum atomic E-state index is -0.576. The van der Waals surface area contributed by atoms with Gasteiger partial charge < -0.3 is 0 Å². The van der Waals surface area contributed by atoms with E-state index in [4.69, 9.17) is 23.2 Å². The summed E-state index contributed by atoms with van der Waals surface area (Å²) in [5.41, 5.74) is 0.439. The summed E-state index contributed by atoms with van der Waals surface area (Å²) >= 11 is 13.6. The van der Waals surface area contributed by atoms with Crippen molar-refractivity contribution >= 4 is 23.2 Å². The first-order valence-electron chi connectivity index (χ1n) is 8.64. The number of hydrogen-bond acceptors (Lipinski definition) is 2. The van der Waals surface area contributed by atoms with Crippen molar-refractivity contribution in [3.05, 3.63) is 0 Å². The molecule has 0 radical (unpaired) electrons. The van der Waals surface area contributed by atoms with E-state index in [1.807, 2.05) is 0 Å². The summed E-state index contributed by atoms with van der Waals surface area (Å²) in [6.45, 7) is 13.6. The standard InChI is InChI=1S/C18H32Cl2N2/c1-13-7-15(3,4)11-17(19,9-13)21-22-18(20)10-14(2)8-16(5,6)12-18/h13-14H,7-12H2,1-6H3. The minimum Gasteiger partial charge on any atom is -0.169 e. The molecule has 4 atom stereocenters. The summed E-state index contributed by atoms with van der Waals surface area (Å²) in [6, 6.07) is 0. The second-order valence-corrected chi connectivity index (χ2v) is 11.2. The number of nitrogens with zero attached hydrogens (tertiary/aromatic N) is 2. The summed E-state index contributed by atoms with van der Waals surface area (Å²) in [4.78, 5) is -1.15. The van der Waals surface area contributed by atoms with Crippen LogP contribution >= 0.6 is 23.2 Å². The largest absolute Gasteiger partial charge is 0.169 e. The molecule has 0 saturated heterocycles. The van der Waals surface area contributed by atoms with Crippen LogP contribution in [0.25, 0.3) is 0 Å². The van der Waals surface area contributed by atoms with Crippen LogP contribution in [0.4, 0.5) is 0 Å². The van der Waals surface area contributed by atoms with Crippen LogP contribution in [0.1, 0.15) is 80.1 Å². The topological polar surface area (TPSA) is 24.7 Å². The molecule has 2 rings (SSSR count). The molecule has 2 saturated carbocycles. The van der Waals surface area contributed by atoms with E-state index in [-0.39, 0.29) is 10.8 Å². The van der Waals surface area contributed by atoms with Crippen molar-refractivity contribution in [1.82, 2.24) is 0 Å². The third kappa shape index (κ3) is 4.84. The second kappa shape index (κ2) is 5.92. The second-order valence-electron chi connectivity index (χ2n) is 9.74. The molecule has 128 valence electrons. The fourth-order valence-corrected chi connectivity index (χ4v) is 6.51. The first-order chi connectivity index (χ1) is 9.82. The Morgan fingerprint density at radius 2 is 1.00 bits per heavy atom. The minimum absolute atomic E-state index is 0.219. The van der Waals surface area contributed by atoms with Crippen LogP contribution in [0.5, 0.6) is 0 Å². The summed E-state index contributed by atoms with van der Waals surface area (Å²) < 4.78 is 0. The molecular weight excluding hydrogens is 315 g/mol. The maximum atomic E-state index is 6.82. The third-order valence-electron chi connectivity index (χ3n) is 5.03. The quantitative estimate of drug-likeness (QED) is 0.292. The maximum absolute atomic E-state index is 6.82. The molecule has 0 amide bonds. The Hall–Kier alpha value is 0.180. The lowest BCUT2D eigenvalue weighted by atomic mass is 9.70. The molecule has 2 aliphatic carbocycles. The molecule has 0 aromatic carbocycles. The van der Waals surface area contributed by atoms with E-state index in [0.29, 0.717) is 11.8 Å². The van der Waals surface area contributed by atoms with Crippen molar-refractivity contribution in [2.24, 2.45) is 32.9 Å². The molecule has 22 heavy (non-hydrogen) atoms. The highest BCUT2D eigenvalue weighted by Crippen LogP contribution is 2.51. The van der Waals surface area contributed by atoms with E-state index in [0.717, 1.165) is 25.7 Å². The van der Waals surface area contributed by atoms with Crippen LogP contribution < -0.4 is 0 Å². The van der Waals surface area contributed by atoms with Gasteiger partial charge in [0.15, 0.2) is 10.00 Å². The highest BCUT2D eigenvalue weighted by atomic mass is 35.5. The van der Waals surface area contributed by atoms with E-state index in [9.17, 15) is 0 Å². The fourth-order valence-electron chi connectivity index (χ4n) is 5.19. The highest BCUT2D eigenvalue weighted by Gasteiger charge is 2.45. The van der Waals surface area contributed by atoms with Gasteiger partial charge in [0.05, 0.1) is 0 Å². The summed E-state index contributed by atoms with van der Waals surface area (Å²) in [5.74, 6) is 1.15. The van der Waals surface area contributed by atoms with Crippen LogP contribution in [0.3, 0.4) is 0 Å². The van der Waals surface area contributed by atoms with Crippen molar-refractivity contribution < 1.29 is 0 Å². The Bertz CT molecular complexity index is 406. The Morgan fingerprint density at radius 3 is 1.27 bits per heavy atom. The Labute approximate surface area is 146 Å². The van der Waals surface area contributed by atoms with Crippen LogP contribution in [-0.2, 0) is 0 Å². The highest BCUT2D eigenvalue weighted by molar-refractivity contribution is 6.24. The normalized spacial score (nSPS) is 45.1. The molecule has 0 aromatic heterocycles. The zero-order valence-corrected chi connectivity index (χ0v) is 16.6. The van der Waals surface area contributed by atoms with Crippen LogP contribution in [-0.4, -0.2) is 10.00 Å². The predicted octanol–water partition coefficient (Wildman–Crippen LogP) is 7.00. The van der Waals surface area contributed by atoms with Crippen LogP contribution in [0.15, 0.2) is 10.2 Å². The van der Waals surface area contributed by atoms with Gasteiger partial charge in [-0.25, -0.2) is 0 Å². The van der Waals surface area contributed by atoms with Gasteiger partial charge in [0.1, 0.15) is 0 Å². The zero-order chi connectivity index (χ0) is 16.8. The van der Waals surface area contributed by atoms with Gasteiger partial charge in [-0.05, 0) is 61.2 Å². The number of halogens is 2. The predicted molar refractivity (Wildman–Crippen MR) is 95.6 cm³/mol. The van der Waals surface area contributed by atoms with Gasteiger partial charge in [0.2, 0.25) is 0 Å². The lowest BCUT2D eigenvalue weighted by Crippen LogP contribution is -2.39. The monoisotopic (exact) mass is 346 g/mol. The lowest BCUT2D eigenvalue weighted by Gasteiger charge is -2.43. The molecule has 4 unspecified atom stereocenters. The summed E-state index contributed by atoms with van der Waals surface area (Å²) in [7, 11) is 0. The van der Waals surface area contributed by atoms with Gasteiger partial charge in [-0.2, -0.15) is 10.2 Å². The number of alkyl halides is 2. The third-order valence-corrected chi connectivity index (χ3v) is 5.76. The first kappa shape index (κ1) is 18.5. The van der Waals surface area contributed by atoms with E-state index in [2.05, 4.69) is 51.8 Å². The van der Waals surface area contributed by atoms with Crippen molar-refractivity contribution in [3.8, 4) is 0 Å². The first-order valence-corrected chi connectivity index (χ1v) is 9.40. The summed E-state index contributed by atoms with van der Waals surface area (Å²) in [5, 5.41) is 9.23. The van der Waals surface area contributed by atoms with Gasteiger partial charge in [0, 0.05) is 0 Å². The van der Waals surface area contributed by atoms with Crippen LogP contribution in [0, 0.1) is 22.7 Å². The van der Waals surface area contributed by atoms with E-state index < -0.39 is 10.00 Å². The van der Waals surface area contributed by atoms with E-state index in [1.165, 1.54) is 12.8 Å². The van der Waals surface area contributed by atoms with Gasteiger partial charge in [-0.1, -0.05) is 64.7 Å². The fraction of sp³-hybridized carbons (Fsp3) is 1.00. The van der Waals surface area contributed by atoms with E-state index in [1.54, 1.807) is 0 Å². The molecular formula is C18H32Cl2N2. The molecule has 0 N–H and O–H groups in total. The molecule has 0 aliphatic heterocycles. The molecule has 0 bridgehead atoms.